The number of nitrogens with zero attached hydrogens (tertiary/aromatic N) is 1. The summed E-state index contributed by atoms with van der Waals surface area (Å²) in [7, 11) is 1.24. The topological polar surface area (TPSA) is 114 Å². The number of benzene rings is 1. The zero-order valence-corrected chi connectivity index (χ0v) is 23.2. The van der Waals surface area contributed by atoms with Gasteiger partial charge in [0.2, 0.25) is 11.8 Å². The number of hydrogen-bond donors (Lipinski definition) is 2. The van der Waals surface area contributed by atoms with E-state index in [2.05, 4.69) is 15.4 Å². The van der Waals surface area contributed by atoms with Crippen LogP contribution in [0.1, 0.15) is 77.1 Å². The molecule has 0 spiro atoms. The number of carbonyl (C=O) groups is 4. The van der Waals surface area contributed by atoms with Crippen molar-refractivity contribution in [3.63, 3.8) is 0 Å². The van der Waals surface area contributed by atoms with Crippen LogP contribution in [0.3, 0.4) is 0 Å². The Morgan fingerprint density at radius 1 is 1.06 bits per heavy atom. The van der Waals surface area contributed by atoms with Crippen molar-refractivity contribution < 1.29 is 28.7 Å². The van der Waals surface area contributed by atoms with E-state index in [1.807, 2.05) is 46.8 Å². The molecule has 1 aromatic rings. The molecule has 0 aromatic heterocycles. The predicted molar refractivity (Wildman–Crippen MR) is 138 cm³/mol. The largest absolute Gasteiger partial charge is 0.468 e. The zero-order chi connectivity index (χ0) is 27.6. The van der Waals surface area contributed by atoms with Gasteiger partial charge in [-0.2, -0.15) is 0 Å². The molecule has 202 valence electrons. The molecular formula is C27H43N3O6. The standard InChI is InChI=1S/C27H43N3O6/c1-10-13-30(25(33)21(14-17(2)3)29-26(34)36-27(6,7)8)23(24(32)28-16-22(31)35-9)20-12-11-18(4)19(5)15-20/h11-12,15,17,21,23H,10,13-14,16H2,1-9H3,(H,28,32)(H,29,34). The fourth-order valence-corrected chi connectivity index (χ4v) is 3.69. The summed E-state index contributed by atoms with van der Waals surface area (Å²) < 4.78 is 10.0. The maximum absolute atomic E-state index is 13.9. The van der Waals surface area contributed by atoms with E-state index in [4.69, 9.17) is 4.74 Å². The number of nitrogens with one attached hydrogen (secondary N) is 2. The number of ether oxygens (including phenoxy) is 2. The first-order valence-electron chi connectivity index (χ1n) is 12.4. The molecule has 2 unspecified atom stereocenters. The second-order valence-corrected chi connectivity index (χ2v) is 10.4. The molecule has 0 aliphatic carbocycles. The number of amides is 3. The summed E-state index contributed by atoms with van der Waals surface area (Å²) in [6, 6.07) is 3.67. The molecule has 36 heavy (non-hydrogen) atoms. The smallest absolute Gasteiger partial charge is 0.408 e. The first-order valence-corrected chi connectivity index (χ1v) is 12.4. The molecule has 1 rings (SSSR count). The third kappa shape index (κ3) is 9.87. The molecule has 1 aromatic carbocycles. The van der Waals surface area contributed by atoms with Crippen LogP contribution in [-0.4, -0.2) is 60.6 Å². The highest BCUT2D eigenvalue weighted by atomic mass is 16.6. The molecule has 0 heterocycles. The molecule has 2 N–H and O–H groups in total. The molecule has 0 bridgehead atoms. The zero-order valence-electron chi connectivity index (χ0n) is 23.2. The van der Waals surface area contributed by atoms with E-state index in [1.54, 1.807) is 26.8 Å². The van der Waals surface area contributed by atoms with E-state index in [-0.39, 0.29) is 19.0 Å². The monoisotopic (exact) mass is 505 g/mol. The average Bonchev–Trinajstić information content (AvgIpc) is 2.76. The number of alkyl carbamates (subject to hydrolysis) is 1. The maximum Gasteiger partial charge on any atom is 0.408 e. The third-order valence-corrected chi connectivity index (χ3v) is 5.49. The van der Waals surface area contributed by atoms with Crippen LogP contribution in [0.5, 0.6) is 0 Å². The van der Waals surface area contributed by atoms with E-state index in [0.29, 0.717) is 18.4 Å². The number of hydrogen-bond acceptors (Lipinski definition) is 6. The summed E-state index contributed by atoms with van der Waals surface area (Å²) in [4.78, 5) is 53.1. The molecule has 9 heteroatoms. The SMILES string of the molecule is CCCN(C(=O)C(CC(C)C)NC(=O)OC(C)(C)C)C(C(=O)NCC(=O)OC)c1ccc(C)c(C)c1. The maximum atomic E-state index is 13.9. The predicted octanol–water partition coefficient (Wildman–Crippen LogP) is 3.81. The van der Waals surface area contributed by atoms with Crippen LogP contribution in [0.15, 0.2) is 18.2 Å². The van der Waals surface area contributed by atoms with Crippen molar-refractivity contribution in [1.29, 1.82) is 0 Å². The first-order chi connectivity index (χ1) is 16.7. The van der Waals surface area contributed by atoms with Crippen LogP contribution < -0.4 is 10.6 Å². The van der Waals surface area contributed by atoms with Gasteiger partial charge in [-0.1, -0.05) is 39.0 Å². The van der Waals surface area contributed by atoms with Gasteiger partial charge in [-0.05, 0) is 70.1 Å². The summed E-state index contributed by atoms with van der Waals surface area (Å²) in [6.07, 6.45) is 0.246. The van der Waals surface area contributed by atoms with Gasteiger partial charge in [0.15, 0.2) is 0 Å². The van der Waals surface area contributed by atoms with Crippen molar-refractivity contribution in [3.8, 4) is 0 Å². The van der Waals surface area contributed by atoms with Crippen LogP contribution in [0.4, 0.5) is 4.79 Å². The summed E-state index contributed by atoms with van der Waals surface area (Å²) in [6.45, 7) is 14.9. The third-order valence-electron chi connectivity index (χ3n) is 5.49. The van der Waals surface area contributed by atoms with Crippen LogP contribution in [-0.2, 0) is 23.9 Å². The number of aryl methyl sites for hydroxylation is 2. The lowest BCUT2D eigenvalue weighted by Gasteiger charge is -2.35. The minimum atomic E-state index is -1.00. The highest BCUT2D eigenvalue weighted by Crippen LogP contribution is 2.26. The van der Waals surface area contributed by atoms with Gasteiger partial charge in [-0.3, -0.25) is 14.4 Å². The first kappa shape index (κ1) is 30.9. The van der Waals surface area contributed by atoms with Gasteiger partial charge in [0.1, 0.15) is 24.2 Å². The van der Waals surface area contributed by atoms with E-state index < -0.39 is 41.6 Å². The Kier molecular flexibility index (Phi) is 11.9. The Labute approximate surface area is 215 Å². The lowest BCUT2D eigenvalue weighted by Crippen LogP contribution is -2.53. The number of methoxy groups -OCH3 is 1. The summed E-state index contributed by atoms with van der Waals surface area (Å²) in [5, 5.41) is 5.30. The summed E-state index contributed by atoms with van der Waals surface area (Å²) in [5.74, 6) is -1.41. The van der Waals surface area contributed by atoms with Crippen LogP contribution >= 0.6 is 0 Å². The molecule has 0 fully saturated rings. The van der Waals surface area contributed by atoms with Crippen molar-refractivity contribution >= 4 is 23.9 Å². The van der Waals surface area contributed by atoms with Crippen molar-refractivity contribution in [2.45, 2.75) is 85.9 Å². The molecular weight excluding hydrogens is 462 g/mol. The number of esters is 1. The molecule has 3 amide bonds. The van der Waals surface area contributed by atoms with E-state index in [1.165, 1.54) is 12.0 Å². The van der Waals surface area contributed by atoms with Crippen molar-refractivity contribution in [1.82, 2.24) is 15.5 Å². The van der Waals surface area contributed by atoms with Crippen molar-refractivity contribution in [2.24, 2.45) is 5.92 Å². The quantitative estimate of drug-likeness (QED) is 0.442. The van der Waals surface area contributed by atoms with E-state index in [0.717, 1.165) is 11.1 Å². The lowest BCUT2D eigenvalue weighted by atomic mass is 9.96. The molecule has 0 aliphatic heterocycles. The van der Waals surface area contributed by atoms with Crippen LogP contribution in [0.25, 0.3) is 0 Å². The van der Waals surface area contributed by atoms with Crippen molar-refractivity contribution in [3.05, 3.63) is 34.9 Å². The van der Waals surface area contributed by atoms with Gasteiger partial charge in [-0.25, -0.2) is 4.79 Å². The fourth-order valence-electron chi connectivity index (χ4n) is 3.69. The van der Waals surface area contributed by atoms with Gasteiger partial charge in [0.05, 0.1) is 7.11 Å². The van der Waals surface area contributed by atoms with Crippen molar-refractivity contribution in [2.75, 3.05) is 20.2 Å². The minimum absolute atomic E-state index is 0.0885. The highest BCUT2D eigenvalue weighted by molar-refractivity contribution is 5.93. The van der Waals surface area contributed by atoms with Gasteiger partial charge >= 0.3 is 12.1 Å². The van der Waals surface area contributed by atoms with Gasteiger partial charge < -0.3 is 25.0 Å². The Hall–Kier alpha value is -3.10. The summed E-state index contributed by atoms with van der Waals surface area (Å²) >= 11 is 0. The van der Waals surface area contributed by atoms with Crippen LogP contribution in [0, 0.1) is 19.8 Å². The Morgan fingerprint density at radius 3 is 2.19 bits per heavy atom. The average molecular weight is 506 g/mol. The number of rotatable bonds is 11. The Morgan fingerprint density at radius 2 is 1.69 bits per heavy atom. The Balaban J connectivity index is 3.46. The van der Waals surface area contributed by atoms with E-state index >= 15 is 0 Å². The molecule has 0 saturated carbocycles. The van der Waals surface area contributed by atoms with Gasteiger partial charge in [0.25, 0.3) is 0 Å². The van der Waals surface area contributed by atoms with Gasteiger partial charge in [-0.15, -0.1) is 0 Å². The molecule has 2 atom stereocenters. The minimum Gasteiger partial charge on any atom is -0.468 e. The highest BCUT2D eigenvalue weighted by Gasteiger charge is 2.36. The molecule has 0 saturated heterocycles. The number of carbonyl (C=O) groups excluding carboxylic acids is 4. The molecule has 9 nitrogen and oxygen atoms in total. The normalized spacial score (nSPS) is 12.9. The summed E-state index contributed by atoms with van der Waals surface area (Å²) in [5.41, 5.74) is 1.90. The fraction of sp³-hybridized carbons (Fsp3) is 0.630. The second-order valence-electron chi connectivity index (χ2n) is 10.4. The lowest BCUT2D eigenvalue weighted by molar-refractivity contribution is -0.145. The van der Waals surface area contributed by atoms with Gasteiger partial charge in [0, 0.05) is 6.54 Å². The molecule has 0 aliphatic rings. The molecule has 0 radical (unpaired) electrons. The Bertz CT molecular complexity index is 923. The second kappa shape index (κ2) is 13.8. The van der Waals surface area contributed by atoms with Crippen LogP contribution in [0.2, 0.25) is 0 Å². The van der Waals surface area contributed by atoms with E-state index in [9.17, 15) is 19.2 Å².